The van der Waals surface area contributed by atoms with Crippen molar-refractivity contribution in [3.8, 4) is 22.3 Å². The van der Waals surface area contributed by atoms with Crippen LogP contribution in [0.15, 0.2) is 97.1 Å². The molecule has 0 nitrogen and oxygen atoms in total. The summed E-state index contributed by atoms with van der Waals surface area (Å²) in [6.07, 6.45) is 18.2. The van der Waals surface area contributed by atoms with E-state index in [2.05, 4.69) is 138 Å². The number of hydrogen-bond donors (Lipinski definition) is 0. The summed E-state index contributed by atoms with van der Waals surface area (Å²) in [5.74, 6) is 1.81. The fourth-order valence-corrected chi connectivity index (χ4v) is 9.79. The minimum absolute atomic E-state index is 0.826. The average Bonchev–Trinajstić information content (AvgIpc) is 3.79. The molecule has 8 rings (SSSR count). The van der Waals surface area contributed by atoms with Crippen molar-refractivity contribution in [2.24, 2.45) is 11.8 Å². The molecule has 0 unspecified atom stereocenters. The van der Waals surface area contributed by atoms with E-state index in [1.165, 1.54) is 167 Å². The summed E-state index contributed by atoms with van der Waals surface area (Å²) in [5.41, 5.74) is 13.9. The van der Waals surface area contributed by atoms with Crippen LogP contribution in [0.1, 0.15) is 111 Å². The first-order valence-corrected chi connectivity index (χ1v) is 29.4. The summed E-state index contributed by atoms with van der Waals surface area (Å²) in [7, 11) is 11.0. The van der Waals surface area contributed by atoms with Crippen LogP contribution in [0, 0.1) is 39.5 Å². The molecule has 0 saturated heterocycles. The second-order valence-corrected chi connectivity index (χ2v) is 21.6. The van der Waals surface area contributed by atoms with Gasteiger partial charge < -0.3 is 0 Å². The van der Waals surface area contributed by atoms with E-state index in [-0.39, 0.29) is 0 Å². The number of benzene rings is 4. The van der Waals surface area contributed by atoms with E-state index >= 15 is 0 Å². The Balaban J connectivity index is 0.000000180. The van der Waals surface area contributed by atoms with Crippen molar-refractivity contribution < 1.29 is 20.8 Å². The molecule has 0 amide bonds. The number of fused-ring (bicyclic) bond motifs is 2. The monoisotopic (exact) mass is 876 g/mol. The first-order valence-electron chi connectivity index (χ1n) is 21.4. The molecule has 0 bridgehead atoms. The fourth-order valence-electron chi connectivity index (χ4n) is 9.29. The van der Waals surface area contributed by atoms with E-state index in [1.807, 2.05) is 0 Å². The Morgan fingerprint density at radius 2 is 0.946 bits per heavy atom. The van der Waals surface area contributed by atoms with Gasteiger partial charge in [-0.05, 0) is 63.5 Å². The summed E-state index contributed by atoms with van der Waals surface area (Å²) >= 11 is -0.826. The number of hydrogen-bond acceptors (Lipinski definition) is 0. The minimum atomic E-state index is -0.826. The van der Waals surface area contributed by atoms with Gasteiger partial charge in [-0.3, -0.25) is 0 Å². The van der Waals surface area contributed by atoms with Crippen molar-refractivity contribution in [3.05, 3.63) is 130 Å². The van der Waals surface area contributed by atoms with Crippen LogP contribution in [-0.4, -0.2) is 9.52 Å². The molecule has 0 spiro atoms. The molecule has 6 aromatic carbocycles. The molecule has 2 fully saturated rings. The van der Waals surface area contributed by atoms with Crippen molar-refractivity contribution in [1.82, 2.24) is 0 Å². The number of aryl methyl sites for hydroxylation is 4. The van der Waals surface area contributed by atoms with Crippen molar-refractivity contribution >= 4 is 48.1 Å². The Kier molecular flexibility index (Phi) is 18.7. The van der Waals surface area contributed by atoms with Crippen molar-refractivity contribution in [2.45, 2.75) is 131 Å². The predicted octanol–water partition coefficient (Wildman–Crippen LogP) is 16.9. The summed E-state index contributed by atoms with van der Waals surface area (Å²) in [4.78, 5) is 0. The zero-order valence-corrected chi connectivity index (χ0v) is 40.0. The molecule has 0 N–H and O–H groups in total. The van der Waals surface area contributed by atoms with Crippen LogP contribution in [0.5, 0.6) is 0 Å². The third kappa shape index (κ3) is 13.4. The van der Waals surface area contributed by atoms with Crippen LogP contribution in [0.4, 0.5) is 0 Å². The van der Waals surface area contributed by atoms with Gasteiger partial charge in [0.15, 0.2) is 0 Å². The van der Waals surface area contributed by atoms with E-state index in [4.69, 9.17) is 17.0 Å². The first-order chi connectivity index (χ1) is 27.2. The summed E-state index contributed by atoms with van der Waals surface area (Å²) < 4.78 is 0. The van der Waals surface area contributed by atoms with Crippen LogP contribution in [0.2, 0.25) is 12.6 Å². The van der Waals surface area contributed by atoms with Crippen molar-refractivity contribution in [2.75, 3.05) is 0 Å². The third-order valence-corrected chi connectivity index (χ3v) is 12.7. The molecule has 4 heteroatoms. The second kappa shape index (κ2) is 23.4. The number of halogens is 2. The summed E-state index contributed by atoms with van der Waals surface area (Å²) in [6, 6.07) is 38.5. The average molecular weight is 879 g/mol. The fraction of sp³-hybridized carbons (Fsp3) is 0.423. The van der Waals surface area contributed by atoms with Gasteiger partial charge in [0.1, 0.15) is 0 Å². The first kappa shape index (κ1) is 44.9. The van der Waals surface area contributed by atoms with Gasteiger partial charge in [-0.1, -0.05) is 172 Å². The van der Waals surface area contributed by atoms with E-state index in [0.29, 0.717) is 0 Å². The topological polar surface area (TPSA) is 0 Å². The molecular formula is C52H64Cl2SiZr. The predicted molar refractivity (Wildman–Crippen MR) is 248 cm³/mol. The van der Waals surface area contributed by atoms with Crippen molar-refractivity contribution in [3.63, 3.8) is 0 Å². The van der Waals surface area contributed by atoms with Crippen LogP contribution in [-0.2, 0) is 33.7 Å². The molecule has 294 valence electrons. The van der Waals surface area contributed by atoms with Gasteiger partial charge in [-0.2, -0.15) is 12.1 Å². The van der Waals surface area contributed by atoms with Crippen LogP contribution >= 0.6 is 17.0 Å². The Morgan fingerprint density at radius 3 is 1.27 bits per heavy atom. The van der Waals surface area contributed by atoms with Crippen LogP contribution in [0.3, 0.4) is 0 Å². The normalized spacial score (nSPS) is 14.6. The molecule has 2 aliphatic carbocycles. The maximum atomic E-state index is 4.93. The Labute approximate surface area is 361 Å². The maximum absolute atomic E-state index is 4.93. The van der Waals surface area contributed by atoms with Gasteiger partial charge in [0.05, 0.1) is 0 Å². The zero-order valence-electron chi connectivity index (χ0n) is 35.0. The SMILES string of the molecule is CCC[Si]C.Cc1cc(C)cc(-c2cccc3[cH-]c(CC4CCCCC4)cc23)c1.Cc1cc(C)cc(-c2cccc3[cH-]c(CC4CCCCC4)cc23)c1.[Cl][Zr+2][Cl]. The quantitative estimate of drug-likeness (QED) is 0.106. The van der Waals surface area contributed by atoms with Gasteiger partial charge in [-0.15, -0.1) is 69.1 Å². The Hall–Kier alpha value is -2.22. The summed E-state index contributed by atoms with van der Waals surface area (Å²) in [5, 5.41) is 5.65. The zero-order chi connectivity index (χ0) is 39.9. The number of rotatable bonds is 8. The molecule has 0 heterocycles. The van der Waals surface area contributed by atoms with Gasteiger partial charge in [0.2, 0.25) is 0 Å². The van der Waals surface area contributed by atoms with Gasteiger partial charge in [-0.25, -0.2) is 0 Å². The van der Waals surface area contributed by atoms with Crippen LogP contribution in [0.25, 0.3) is 43.8 Å². The Bertz CT molecular complexity index is 1890. The van der Waals surface area contributed by atoms with E-state index in [0.717, 1.165) is 21.4 Å². The molecule has 2 aliphatic rings. The van der Waals surface area contributed by atoms with Gasteiger partial charge >= 0.3 is 37.9 Å². The molecule has 2 saturated carbocycles. The van der Waals surface area contributed by atoms with Gasteiger partial charge in [0.25, 0.3) is 0 Å². The van der Waals surface area contributed by atoms with Crippen molar-refractivity contribution in [1.29, 1.82) is 0 Å². The van der Waals surface area contributed by atoms with Crippen LogP contribution < -0.4 is 0 Å². The van der Waals surface area contributed by atoms with E-state index in [1.54, 1.807) is 0 Å². The molecular weight excluding hydrogens is 815 g/mol. The molecule has 0 aliphatic heterocycles. The van der Waals surface area contributed by atoms with E-state index < -0.39 is 20.8 Å². The molecule has 6 aromatic rings. The third-order valence-electron chi connectivity index (χ3n) is 11.7. The molecule has 2 radical (unpaired) electrons. The molecule has 56 heavy (non-hydrogen) atoms. The summed E-state index contributed by atoms with van der Waals surface area (Å²) in [6.45, 7) is 13.2. The van der Waals surface area contributed by atoms with E-state index in [9.17, 15) is 0 Å². The molecule has 0 aromatic heterocycles. The standard InChI is InChI=1S/2C24H27.C4H10Si.2ClH.Zr/c2*1-17-11-18(2)13-22(12-17)23-10-6-9-21-15-20(16-24(21)23)14-19-7-4-3-5-8-19;1-3-4-5-2;;;/h2*6,9-13,15-16,19H,3-5,7-8,14H2,1-2H3;3-4H2,1-2H3;2*1H;/q2*-1;;;;+4/p-2. The molecule has 0 atom stereocenters. The Morgan fingerprint density at radius 1 is 0.571 bits per heavy atom. The second-order valence-electron chi connectivity index (χ2n) is 16.7. The van der Waals surface area contributed by atoms with Gasteiger partial charge in [0, 0.05) is 9.52 Å².